The lowest BCUT2D eigenvalue weighted by atomic mass is 10.2. The van der Waals surface area contributed by atoms with Crippen LogP contribution in [0.3, 0.4) is 0 Å². The van der Waals surface area contributed by atoms with E-state index < -0.39 is 29.6 Å². The molecule has 0 heterocycles. The molecule has 0 aromatic heterocycles. The molecule has 4 N–H and O–H groups in total. The Hall–Kier alpha value is -2.02. The molecule has 1 aromatic rings. The van der Waals surface area contributed by atoms with Gasteiger partial charge in [-0.2, -0.15) is 0 Å². The van der Waals surface area contributed by atoms with Crippen molar-refractivity contribution < 1.29 is 23.5 Å². The molecule has 92 valence electrons. The molecular formula is C10H10F2N2O3. The molecule has 0 spiro atoms. The van der Waals surface area contributed by atoms with Gasteiger partial charge in [0, 0.05) is 6.54 Å². The Labute approximate surface area is 95.2 Å². The van der Waals surface area contributed by atoms with Crippen LogP contribution in [0.15, 0.2) is 18.2 Å². The third-order valence-corrected chi connectivity index (χ3v) is 2.00. The lowest BCUT2D eigenvalue weighted by Gasteiger charge is -2.08. The monoisotopic (exact) mass is 244 g/mol. The van der Waals surface area contributed by atoms with E-state index >= 15 is 0 Å². The number of halogens is 2. The normalized spacial score (nSPS) is 11.9. The fraction of sp³-hybridized carbons (Fsp3) is 0.200. The number of aliphatic carboxylic acids is 1. The van der Waals surface area contributed by atoms with E-state index in [1.165, 1.54) is 6.07 Å². The van der Waals surface area contributed by atoms with Crippen LogP contribution in [0.2, 0.25) is 0 Å². The lowest BCUT2D eigenvalue weighted by Crippen LogP contribution is -2.45. The maximum atomic E-state index is 12.8. The number of hydrogen-bond donors (Lipinski definition) is 3. The highest BCUT2D eigenvalue weighted by atomic mass is 19.2. The summed E-state index contributed by atoms with van der Waals surface area (Å²) < 4.78 is 25.4. The Morgan fingerprint density at radius 3 is 2.53 bits per heavy atom. The van der Waals surface area contributed by atoms with Gasteiger partial charge in [-0.15, -0.1) is 0 Å². The first-order valence-electron chi connectivity index (χ1n) is 4.62. The second kappa shape index (κ2) is 5.35. The molecule has 7 heteroatoms. The van der Waals surface area contributed by atoms with Gasteiger partial charge in [0.1, 0.15) is 0 Å². The lowest BCUT2D eigenvalue weighted by molar-refractivity contribution is -0.142. The van der Waals surface area contributed by atoms with E-state index in [4.69, 9.17) is 10.8 Å². The van der Waals surface area contributed by atoms with Crippen LogP contribution in [0.25, 0.3) is 0 Å². The fourth-order valence-corrected chi connectivity index (χ4v) is 1.06. The molecule has 0 aliphatic rings. The van der Waals surface area contributed by atoms with Crippen LogP contribution in [-0.4, -0.2) is 23.0 Å². The third kappa shape index (κ3) is 3.49. The first-order valence-corrected chi connectivity index (χ1v) is 4.62. The highest BCUT2D eigenvalue weighted by Gasteiger charge is 2.20. The summed E-state index contributed by atoms with van der Waals surface area (Å²) in [6.45, 7) is -0.128. The minimum absolute atomic E-state index is 0.128. The minimum atomic E-state index is -1.68. The van der Waals surface area contributed by atoms with Crippen molar-refractivity contribution in [2.75, 3.05) is 0 Å². The summed E-state index contributed by atoms with van der Waals surface area (Å²) in [5, 5.41) is 10.6. The van der Waals surface area contributed by atoms with Gasteiger partial charge in [0.05, 0.1) is 0 Å². The van der Waals surface area contributed by atoms with Crippen LogP contribution in [0.1, 0.15) is 5.56 Å². The highest BCUT2D eigenvalue weighted by Crippen LogP contribution is 2.08. The number of carbonyl (C=O) groups is 2. The Kier molecular flexibility index (Phi) is 4.11. The van der Waals surface area contributed by atoms with Crippen molar-refractivity contribution >= 4 is 11.9 Å². The van der Waals surface area contributed by atoms with Gasteiger partial charge < -0.3 is 16.2 Å². The van der Waals surface area contributed by atoms with E-state index in [0.29, 0.717) is 5.56 Å². The summed E-state index contributed by atoms with van der Waals surface area (Å²) in [4.78, 5) is 21.5. The zero-order valence-corrected chi connectivity index (χ0v) is 8.61. The van der Waals surface area contributed by atoms with E-state index in [1.54, 1.807) is 0 Å². The summed E-state index contributed by atoms with van der Waals surface area (Å²) in [5.74, 6) is -4.41. The highest BCUT2D eigenvalue weighted by molar-refractivity contribution is 6.00. The van der Waals surface area contributed by atoms with E-state index in [2.05, 4.69) is 5.32 Å². The summed E-state index contributed by atoms with van der Waals surface area (Å²) in [5.41, 5.74) is 5.33. The van der Waals surface area contributed by atoms with Crippen molar-refractivity contribution in [2.24, 2.45) is 5.73 Å². The maximum Gasteiger partial charge on any atom is 0.330 e. The molecule has 0 saturated carbocycles. The molecule has 0 radical (unpaired) electrons. The number of carboxylic acids is 1. The number of rotatable bonds is 4. The van der Waals surface area contributed by atoms with Gasteiger partial charge in [0.25, 0.3) is 0 Å². The summed E-state index contributed by atoms with van der Waals surface area (Å²) in [7, 11) is 0. The molecular weight excluding hydrogens is 234 g/mol. The van der Waals surface area contributed by atoms with Crippen LogP contribution in [0.5, 0.6) is 0 Å². The Morgan fingerprint density at radius 1 is 1.35 bits per heavy atom. The Morgan fingerprint density at radius 2 is 2.00 bits per heavy atom. The van der Waals surface area contributed by atoms with Gasteiger partial charge in [-0.3, -0.25) is 4.79 Å². The predicted octanol–water partition coefficient (Wildman–Crippen LogP) is -0.00710. The average molecular weight is 244 g/mol. The molecule has 1 atom stereocenters. The van der Waals surface area contributed by atoms with Crippen molar-refractivity contribution in [3.63, 3.8) is 0 Å². The van der Waals surface area contributed by atoms with E-state index in [1.807, 2.05) is 0 Å². The number of nitrogens with one attached hydrogen (secondary N) is 1. The molecule has 1 amide bonds. The van der Waals surface area contributed by atoms with Crippen molar-refractivity contribution in [1.82, 2.24) is 5.32 Å². The topological polar surface area (TPSA) is 92.4 Å². The quantitative estimate of drug-likeness (QED) is 0.649. The van der Waals surface area contributed by atoms with Gasteiger partial charge in [0.15, 0.2) is 17.7 Å². The summed E-state index contributed by atoms with van der Waals surface area (Å²) in [6, 6.07) is 1.40. The third-order valence-electron chi connectivity index (χ3n) is 2.00. The van der Waals surface area contributed by atoms with Gasteiger partial charge in [-0.25, -0.2) is 13.6 Å². The SMILES string of the molecule is NC(C(=O)O)C(=O)NCc1ccc(F)c(F)c1. The molecule has 5 nitrogen and oxygen atoms in total. The largest absolute Gasteiger partial charge is 0.480 e. The van der Waals surface area contributed by atoms with Crippen LogP contribution in [-0.2, 0) is 16.1 Å². The van der Waals surface area contributed by atoms with Crippen LogP contribution in [0, 0.1) is 11.6 Å². The zero-order chi connectivity index (χ0) is 13.0. The molecule has 0 saturated heterocycles. The smallest absolute Gasteiger partial charge is 0.330 e. The predicted molar refractivity (Wildman–Crippen MR) is 53.8 cm³/mol. The zero-order valence-electron chi connectivity index (χ0n) is 8.61. The minimum Gasteiger partial charge on any atom is -0.480 e. The van der Waals surface area contributed by atoms with Gasteiger partial charge in [-0.05, 0) is 17.7 Å². The standard InChI is InChI=1S/C10H10F2N2O3/c11-6-2-1-5(3-7(6)12)4-14-9(15)8(13)10(16)17/h1-3,8H,4,13H2,(H,14,15)(H,16,17). The molecule has 0 aliphatic carbocycles. The van der Waals surface area contributed by atoms with Crippen LogP contribution >= 0.6 is 0 Å². The number of benzene rings is 1. The summed E-state index contributed by atoms with van der Waals surface area (Å²) in [6.07, 6.45) is 0. The first-order chi connectivity index (χ1) is 7.91. The molecule has 17 heavy (non-hydrogen) atoms. The van der Waals surface area contributed by atoms with E-state index in [0.717, 1.165) is 12.1 Å². The maximum absolute atomic E-state index is 12.8. The Bertz CT molecular complexity index is 451. The molecule has 0 fully saturated rings. The van der Waals surface area contributed by atoms with E-state index in [9.17, 15) is 18.4 Å². The van der Waals surface area contributed by atoms with Crippen LogP contribution < -0.4 is 11.1 Å². The first kappa shape index (κ1) is 13.0. The van der Waals surface area contributed by atoms with Crippen molar-refractivity contribution in [1.29, 1.82) is 0 Å². The van der Waals surface area contributed by atoms with E-state index in [-0.39, 0.29) is 6.54 Å². The molecule has 0 aliphatic heterocycles. The van der Waals surface area contributed by atoms with Crippen molar-refractivity contribution in [2.45, 2.75) is 12.6 Å². The molecule has 1 aromatic carbocycles. The number of amides is 1. The van der Waals surface area contributed by atoms with Gasteiger partial charge >= 0.3 is 5.97 Å². The van der Waals surface area contributed by atoms with Crippen molar-refractivity contribution in [3.8, 4) is 0 Å². The van der Waals surface area contributed by atoms with Gasteiger partial charge in [0.2, 0.25) is 5.91 Å². The summed E-state index contributed by atoms with van der Waals surface area (Å²) >= 11 is 0. The van der Waals surface area contributed by atoms with Crippen LogP contribution in [0.4, 0.5) is 8.78 Å². The molecule has 1 unspecified atom stereocenters. The fourth-order valence-electron chi connectivity index (χ4n) is 1.06. The number of nitrogens with two attached hydrogens (primary N) is 1. The molecule has 1 rings (SSSR count). The second-order valence-corrected chi connectivity index (χ2v) is 3.28. The number of carbonyl (C=O) groups excluding carboxylic acids is 1. The number of hydrogen-bond acceptors (Lipinski definition) is 3. The molecule has 0 bridgehead atoms. The van der Waals surface area contributed by atoms with Crippen molar-refractivity contribution in [3.05, 3.63) is 35.4 Å². The number of carboxylic acid groups (broad SMARTS) is 1. The average Bonchev–Trinajstić information content (AvgIpc) is 2.29. The van der Waals surface area contributed by atoms with Gasteiger partial charge in [-0.1, -0.05) is 6.07 Å². The second-order valence-electron chi connectivity index (χ2n) is 3.28. The Balaban J connectivity index is 2.59.